The number of nitrogens with two attached hydrogens (primary N) is 1. The Morgan fingerprint density at radius 2 is 1.67 bits per heavy atom. The highest BCUT2D eigenvalue weighted by molar-refractivity contribution is 8.01. The zero-order valence-corrected chi connectivity index (χ0v) is 34.7. The molecule has 300 valence electrons. The van der Waals surface area contributed by atoms with Gasteiger partial charge in [-0.2, -0.15) is 4.99 Å². The normalized spacial score (nSPS) is 12.2. The molecule has 0 radical (unpaired) electrons. The van der Waals surface area contributed by atoms with E-state index in [1.807, 2.05) is 0 Å². The van der Waals surface area contributed by atoms with Crippen molar-refractivity contribution in [3.05, 3.63) is 52.9 Å². The van der Waals surface area contributed by atoms with Crippen molar-refractivity contribution in [1.82, 2.24) is 5.32 Å². The number of carboxylic acids is 1. The van der Waals surface area contributed by atoms with E-state index in [-0.39, 0.29) is 51.2 Å². The van der Waals surface area contributed by atoms with Crippen LogP contribution in [0, 0.1) is 6.92 Å². The van der Waals surface area contributed by atoms with Gasteiger partial charge in [-0.1, -0.05) is 18.6 Å². The van der Waals surface area contributed by atoms with Gasteiger partial charge in [-0.15, -0.1) is 23.1 Å². The summed E-state index contributed by atoms with van der Waals surface area (Å²) in [5.41, 5.74) is 7.31. The van der Waals surface area contributed by atoms with Crippen LogP contribution in [0.1, 0.15) is 69.7 Å². The number of rotatable bonds is 17. The fourth-order valence-electron chi connectivity index (χ4n) is 5.20. The highest BCUT2D eigenvalue weighted by atomic mass is 32.2. The molecule has 0 unspecified atom stereocenters. The van der Waals surface area contributed by atoms with Crippen LogP contribution in [0.5, 0.6) is 0 Å². The van der Waals surface area contributed by atoms with Gasteiger partial charge in [0, 0.05) is 36.9 Å². The first-order valence-corrected chi connectivity index (χ1v) is 22.7. The predicted octanol–water partition coefficient (Wildman–Crippen LogP) is 6.45. The summed E-state index contributed by atoms with van der Waals surface area (Å²) in [6.07, 6.45) is 3.56. The van der Waals surface area contributed by atoms with Gasteiger partial charge in [-0.05, 0) is 94.7 Å². The number of carbonyl (C=O) groups is 4. The smallest absolute Gasteiger partial charge is 0.436 e. The topological polar surface area (TPSA) is 240 Å². The number of anilines is 2. The number of benzene rings is 2. The number of thioether (sulfide) groups is 1. The lowest BCUT2D eigenvalue weighted by atomic mass is 9.97. The maximum Gasteiger partial charge on any atom is 0.436 e. The second-order valence-electron chi connectivity index (χ2n) is 13.6. The molecule has 0 fully saturated rings. The largest absolute Gasteiger partial charge is 0.481 e. The summed E-state index contributed by atoms with van der Waals surface area (Å²) in [5.74, 6) is -1.76. The number of aliphatic carboxylic acids is 1. The number of urea groups is 1. The van der Waals surface area contributed by atoms with Crippen molar-refractivity contribution in [3.63, 3.8) is 0 Å². The highest BCUT2D eigenvalue weighted by Crippen LogP contribution is 2.40. The van der Waals surface area contributed by atoms with Gasteiger partial charge < -0.3 is 31.5 Å². The Balaban J connectivity index is 1.99. The quantitative estimate of drug-likeness (QED) is 0.0427. The van der Waals surface area contributed by atoms with Crippen LogP contribution in [0.3, 0.4) is 0 Å². The molecule has 1 aromatic heterocycles. The van der Waals surface area contributed by atoms with E-state index < -0.39 is 49.3 Å². The lowest BCUT2D eigenvalue weighted by Gasteiger charge is -2.18. The molecular formula is C36H47N5O10S4. The number of nitrogens with zero attached hydrogens (tertiary/aromatic N) is 1. The van der Waals surface area contributed by atoms with E-state index in [9.17, 15) is 36.0 Å². The van der Waals surface area contributed by atoms with E-state index in [1.54, 1.807) is 52.1 Å². The van der Waals surface area contributed by atoms with Gasteiger partial charge in [0.25, 0.3) is 0 Å². The number of carbonyl (C=O) groups excluding carboxylic acids is 3. The minimum absolute atomic E-state index is 0.0388. The molecule has 3 rings (SSSR count). The van der Waals surface area contributed by atoms with Crippen LogP contribution < -0.4 is 21.7 Å². The first-order chi connectivity index (χ1) is 25.6. The van der Waals surface area contributed by atoms with Crippen LogP contribution in [0.15, 0.2) is 61.5 Å². The van der Waals surface area contributed by atoms with Gasteiger partial charge in [0.15, 0.2) is 0 Å². The molecule has 0 aliphatic carbocycles. The molecule has 6 N–H and O–H groups in total. The first-order valence-electron chi connectivity index (χ1n) is 17.1. The number of unbranched alkanes of at least 4 members (excludes halogenated alkanes) is 2. The number of amides is 4. The molecule has 0 spiro atoms. The average Bonchev–Trinajstić information content (AvgIpc) is 3.51. The molecule has 0 aliphatic rings. The number of hydrogen-bond acceptors (Lipinski definition) is 11. The number of ether oxygens (including phenoxy) is 1. The van der Waals surface area contributed by atoms with E-state index in [4.69, 9.17) is 15.6 Å². The lowest BCUT2D eigenvalue weighted by molar-refractivity contribution is -0.137. The lowest BCUT2D eigenvalue weighted by Crippen LogP contribution is -2.29. The minimum Gasteiger partial charge on any atom is -0.481 e. The molecular weight excluding hydrogens is 791 g/mol. The molecule has 4 amide bonds. The van der Waals surface area contributed by atoms with Crippen LogP contribution in [-0.4, -0.2) is 82.2 Å². The van der Waals surface area contributed by atoms with Crippen LogP contribution in [0.25, 0.3) is 11.1 Å². The maximum absolute atomic E-state index is 14.2. The van der Waals surface area contributed by atoms with Crippen molar-refractivity contribution in [2.75, 3.05) is 35.4 Å². The van der Waals surface area contributed by atoms with Gasteiger partial charge in [0.1, 0.15) is 21.3 Å². The minimum atomic E-state index is -4.18. The summed E-state index contributed by atoms with van der Waals surface area (Å²) in [7, 11) is -7.48. The third-order valence-electron chi connectivity index (χ3n) is 7.57. The summed E-state index contributed by atoms with van der Waals surface area (Å²) >= 11 is 2.25. The van der Waals surface area contributed by atoms with E-state index in [0.29, 0.717) is 52.4 Å². The number of sulfone groups is 2. The molecule has 19 heteroatoms. The van der Waals surface area contributed by atoms with E-state index in [2.05, 4.69) is 20.9 Å². The summed E-state index contributed by atoms with van der Waals surface area (Å²) in [6, 6.07) is 10.1. The third-order valence-corrected chi connectivity index (χ3v) is 12.9. The molecule has 0 aliphatic heterocycles. The van der Waals surface area contributed by atoms with Crippen molar-refractivity contribution in [2.24, 2.45) is 10.7 Å². The summed E-state index contributed by atoms with van der Waals surface area (Å²) in [5, 5.41) is 17.0. The maximum atomic E-state index is 14.2. The SMILES string of the molecule is CSc1sc(/C(N)=N\C(=O)OC(C)(C)C)cc1S(=O)(=O)c1cccc(-c2c(C)cc(NC(=O)NCCCCCC(=O)O)cc2NC(=O)CCCS(C)(=O)=O)c1. The fraction of sp³-hybridized carbons (Fsp3) is 0.417. The van der Waals surface area contributed by atoms with Gasteiger partial charge in [0.05, 0.1) is 30.3 Å². The number of aliphatic imine (C=N–C) groups is 1. The van der Waals surface area contributed by atoms with Crippen LogP contribution in [-0.2, 0) is 34.0 Å². The van der Waals surface area contributed by atoms with Crippen molar-refractivity contribution in [3.8, 4) is 11.1 Å². The zero-order valence-electron chi connectivity index (χ0n) is 31.5. The molecule has 0 saturated heterocycles. The summed E-state index contributed by atoms with van der Waals surface area (Å²) in [4.78, 5) is 52.7. The van der Waals surface area contributed by atoms with Gasteiger partial charge >= 0.3 is 18.1 Å². The van der Waals surface area contributed by atoms with Crippen LogP contribution >= 0.6 is 23.1 Å². The number of aryl methyl sites for hydroxylation is 1. The Hall–Kier alpha value is -4.46. The zero-order chi connectivity index (χ0) is 41.1. The van der Waals surface area contributed by atoms with Crippen molar-refractivity contribution in [2.45, 2.75) is 85.8 Å². The van der Waals surface area contributed by atoms with Crippen molar-refractivity contribution in [1.29, 1.82) is 0 Å². The van der Waals surface area contributed by atoms with Gasteiger partial charge in [-0.3, -0.25) is 9.59 Å². The van der Waals surface area contributed by atoms with Gasteiger partial charge in [-0.25, -0.2) is 26.4 Å². The molecule has 55 heavy (non-hydrogen) atoms. The van der Waals surface area contributed by atoms with Gasteiger partial charge in [0.2, 0.25) is 15.7 Å². The second-order valence-corrected chi connectivity index (χ2v) is 19.9. The fourth-order valence-corrected chi connectivity index (χ4v) is 9.81. The van der Waals surface area contributed by atoms with E-state index in [1.165, 1.54) is 36.0 Å². The van der Waals surface area contributed by atoms with Crippen LogP contribution in [0.4, 0.5) is 21.0 Å². The average molecular weight is 838 g/mol. The Kier molecular flexibility index (Phi) is 15.9. The standard InChI is InChI=1S/C36H47N5O10S4/c1-22-18-24(39-34(45)38-16-9-7-8-15-30(43)44)20-26(40-29(42)14-11-17-54(6,47)48)31(22)23-12-10-13-25(19-23)55(49,50)28-21-27(53-33(28)52-5)32(37)41-35(46)51-36(2,3)4/h10,12-13,18-21H,7-9,11,14-17H2,1-6H3,(H,40,42)(H,43,44)(H2,37,41,46)(H2,38,39,45). The molecule has 0 bridgehead atoms. The predicted molar refractivity (Wildman–Crippen MR) is 216 cm³/mol. The van der Waals surface area contributed by atoms with Crippen LogP contribution in [0.2, 0.25) is 0 Å². The Bertz CT molecular complexity index is 2160. The molecule has 3 aromatic rings. The number of carboxylic acid groups (broad SMARTS) is 1. The molecule has 15 nitrogen and oxygen atoms in total. The van der Waals surface area contributed by atoms with E-state index >= 15 is 0 Å². The Morgan fingerprint density at radius 1 is 0.964 bits per heavy atom. The van der Waals surface area contributed by atoms with Crippen molar-refractivity contribution >= 4 is 84.0 Å². The number of thiophene rings is 1. The second kappa shape index (κ2) is 19.4. The monoisotopic (exact) mass is 837 g/mol. The molecule has 0 saturated carbocycles. The third kappa shape index (κ3) is 14.3. The first kappa shape index (κ1) is 44.9. The Morgan fingerprint density at radius 3 is 2.31 bits per heavy atom. The number of hydrogen-bond donors (Lipinski definition) is 5. The summed E-state index contributed by atoms with van der Waals surface area (Å²) < 4.78 is 57.2. The van der Waals surface area contributed by atoms with Crippen molar-refractivity contribution < 1.29 is 45.9 Å². The highest BCUT2D eigenvalue weighted by Gasteiger charge is 2.27. The van der Waals surface area contributed by atoms with E-state index in [0.717, 1.165) is 17.6 Å². The summed E-state index contributed by atoms with van der Waals surface area (Å²) in [6.45, 7) is 7.06. The Labute approximate surface area is 329 Å². The number of amidine groups is 1. The molecule has 1 heterocycles. The molecule has 0 atom stereocenters. The molecule has 2 aromatic carbocycles. The number of nitrogens with one attached hydrogen (secondary N) is 3.